The van der Waals surface area contributed by atoms with Crippen LogP contribution in [0.15, 0.2) is 36.4 Å². The molecule has 0 aliphatic carbocycles. The summed E-state index contributed by atoms with van der Waals surface area (Å²) in [7, 11) is -3.88. The molecule has 0 aromatic heterocycles. The summed E-state index contributed by atoms with van der Waals surface area (Å²) in [6.45, 7) is 1.56. The van der Waals surface area contributed by atoms with Crippen LogP contribution < -0.4 is 10.0 Å². The van der Waals surface area contributed by atoms with Crippen molar-refractivity contribution in [1.29, 1.82) is 0 Å². The summed E-state index contributed by atoms with van der Waals surface area (Å²) in [4.78, 5) is 12.1. The number of carbonyl (C=O) groups excluding carboxylic acids is 1. The minimum atomic E-state index is -4.47. The molecule has 174 valence electrons. The normalized spacial score (nSPS) is 12.2. The second-order valence-electron chi connectivity index (χ2n) is 7.02. The standard InChI is InChI=1S/C21H21F5N2O3S/c1-3-4-15-11-16(21(24,25)26)7-5-14(15)6-8-19(29)27-12-13-9-17(22)20(18(23)10-13)28-32(2,30)31/h5-11,28H,3-4,12H2,1-2H3,(H,27,29)/b8-6-. The highest BCUT2D eigenvalue weighted by Gasteiger charge is 2.30. The SMILES string of the molecule is CCCc1cc(C(F)(F)F)ccc1/C=C\C(=O)NCc1cc(F)c(NS(C)(=O)=O)c(F)c1. The van der Waals surface area contributed by atoms with Crippen molar-refractivity contribution in [3.05, 3.63) is 70.3 Å². The van der Waals surface area contributed by atoms with Crippen molar-refractivity contribution in [3.63, 3.8) is 0 Å². The van der Waals surface area contributed by atoms with Gasteiger partial charge in [-0.05, 0) is 53.5 Å². The molecule has 0 spiro atoms. The molecule has 0 heterocycles. The van der Waals surface area contributed by atoms with Crippen LogP contribution in [0.4, 0.5) is 27.6 Å². The Morgan fingerprint density at radius 1 is 1.09 bits per heavy atom. The molecule has 2 aromatic rings. The molecule has 0 bridgehead atoms. The van der Waals surface area contributed by atoms with Crippen LogP contribution in [-0.2, 0) is 34.0 Å². The van der Waals surface area contributed by atoms with Crippen molar-refractivity contribution >= 4 is 27.7 Å². The quantitative estimate of drug-likeness (QED) is 0.431. The minimum absolute atomic E-state index is 0.0435. The Morgan fingerprint density at radius 3 is 2.25 bits per heavy atom. The van der Waals surface area contributed by atoms with E-state index in [1.54, 1.807) is 4.72 Å². The lowest BCUT2D eigenvalue weighted by Crippen LogP contribution is -2.21. The van der Waals surface area contributed by atoms with Crippen LogP contribution in [-0.4, -0.2) is 20.6 Å². The lowest BCUT2D eigenvalue weighted by molar-refractivity contribution is -0.137. The number of aryl methyl sites for hydroxylation is 1. The van der Waals surface area contributed by atoms with Crippen LogP contribution in [0.3, 0.4) is 0 Å². The molecule has 5 nitrogen and oxygen atoms in total. The molecule has 0 aliphatic heterocycles. The maximum Gasteiger partial charge on any atom is 0.416 e. The Morgan fingerprint density at radius 2 is 1.72 bits per heavy atom. The van der Waals surface area contributed by atoms with Gasteiger partial charge in [-0.2, -0.15) is 13.2 Å². The maximum absolute atomic E-state index is 14.0. The summed E-state index contributed by atoms with van der Waals surface area (Å²) < 4.78 is 90.8. The highest BCUT2D eigenvalue weighted by Crippen LogP contribution is 2.31. The summed E-state index contributed by atoms with van der Waals surface area (Å²) in [6.07, 6.45) is -0.268. The highest BCUT2D eigenvalue weighted by molar-refractivity contribution is 7.92. The fraction of sp³-hybridized carbons (Fsp3) is 0.286. The molecule has 0 fully saturated rings. The number of benzene rings is 2. The van der Waals surface area contributed by atoms with Gasteiger partial charge in [0.25, 0.3) is 0 Å². The number of hydrogen-bond acceptors (Lipinski definition) is 3. The van der Waals surface area contributed by atoms with E-state index in [2.05, 4.69) is 5.32 Å². The monoisotopic (exact) mass is 476 g/mol. The average Bonchev–Trinajstić information content (AvgIpc) is 2.67. The van der Waals surface area contributed by atoms with Crippen LogP contribution >= 0.6 is 0 Å². The number of alkyl halides is 3. The molecular formula is C21H21F5N2O3S. The predicted octanol–water partition coefficient (Wildman–Crippen LogP) is 4.64. The Kier molecular flexibility index (Phi) is 8.00. The van der Waals surface area contributed by atoms with Gasteiger partial charge in [-0.1, -0.05) is 19.4 Å². The van der Waals surface area contributed by atoms with Crippen molar-refractivity contribution in [3.8, 4) is 0 Å². The zero-order valence-electron chi connectivity index (χ0n) is 17.2. The first-order valence-corrected chi connectivity index (χ1v) is 11.3. The van der Waals surface area contributed by atoms with Gasteiger partial charge in [0.2, 0.25) is 15.9 Å². The average molecular weight is 476 g/mol. The molecule has 11 heteroatoms. The number of carbonyl (C=O) groups is 1. The second-order valence-corrected chi connectivity index (χ2v) is 8.77. The Balaban J connectivity index is 2.10. The summed E-state index contributed by atoms with van der Waals surface area (Å²) in [6, 6.07) is 4.98. The first kappa shape index (κ1) is 25.3. The van der Waals surface area contributed by atoms with Gasteiger partial charge in [0, 0.05) is 12.6 Å². The van der Waals surface area contributed by atoms with Crippen LogP contribution in [0.1, 0.15) is 35.6 Å². The van der Waals surface area contributed by atoms with Gasteiger partial charge < -0.3 is 5.32 Å². The smallest absolute Gasteiger partial charge is 0.348 e. The van der Waals surface area contributed by atoms with Crippen molar-refractivity contribution in [2.24, 2.45) is 0 Å². The third-order valence-electron chi connectivity index (χ3n) is 4.26. The molecule has 2 rings (SSSR count). The van der Waals surface area contributed by atoms with Gasteiger partial charge in [0.15, 0.2) is 11.6 Å². The largest absolute Gasteiger partial charge is 0.416 e. The molecule has 32 heavy (non-hydrogen) atoms. The Hall–Kier alpha value is -2.95. The molecule has 0 saturated heterocycles. The van der Waals surface area contributed by atoms with E-state index in [4.69, 9.17) is 0 Å². The topological polar surface area (TPSA) is 75.3 Å². The number of hydrogen-bond donors (Lipinski definition) is 2. The molecule has 0 radical (unpaired) electrons. The first-order chi connectivity index (χ1) is 14.8. The fourth-order valence-electron chi connectivity index (χ4n) is 2.85. The van der Waals surface area contributed by atoms with E-state index in [9.17, 15) is 35.2 Å². The maximum atomic E-state index is 14.0. The molecule has 0 saturated carbocycles. The number of sulfonamides is 1. The predicted molar refractivity (Wildman–Crippen MR) is 111 cm³/mol. The third kappa shape index (κ3) is 7.33. The van der Waals surface area contributed by atoms with Crippen molar-refractivity contribution in [2.45, 2.75) is 32.5 Å². The van der Waals surface area contributed by atoms with E-state index in [1.807, 2.05) is 6.92 Å². The Labute approximate surface area is 182 Å². The Bertz CT molecular complexity index is 1110. The van der Waals surface area contributed by atoms with Crippen molar-refractivity contribution in [2.75, 3.05) is 11.0 Å². The van der Waals surface area contributed by atoms with Crippen molar-refractivity contribution in [1.82, 2.24) is 5.32 Å². The molecule has 0 unspecified atom stereocenters. The van der Waals surface area contributed by atoms with Crippen LogP contribution in [0.25, 0.3) is 6.08 Å². The van der Waals surface area contributed by atoms with E-state index < -0.39 is 45.0 Å². The van der Waals surface area contributed by atoms with Crippen LogP contribution in [0, 0.1) is 11.6 Å². The second kappa shape index (κ2) is 10.1. The van der Waals surface area contributed by atoms with Gasteiger partial charge in [-0.25, -0.2) is 17.2 Å². The van der Waals surface area contributed by atoms with Crippen LogP contribution in [0.5, 0.6) is 0 Å². The number of rotatable bonds is 8. The molecule has 0 atom stereocenters. The molecule has 2 aromatic carbocycles. The number of anilines is 1. The van der Waals surface area contributed by atoms with E-state index in [0.29, 0.717) is 24.0 Å². The van der Waals surface area contributed by atoms with Gasteiger partial charge >= 0.3 is 6.18 Å². The third-order valence-corrected chi connectivity index (χ3v) is 4.83. The molecule has 2 N–H and O–H groups in total. The summed E-state index contributed by atoms with van der Waals surface area (Å²) in [5.74, 6) is -2.93. The van der Waals surface area contributed by atoms with E-state index in [0.717, 1.165) is 36.6 Å². The van der Waals surface area contributed by atoms with Gasteiger partial charge in [-0.3, -0.25) is 9.52 Å². The summed E-state index contributed by atoms with van der Waals surface area (Å²) in [5.41, 5.74) is -0.677. The minimum Gasteiger partial charge on any atom is -0.348 e. The number of nitrogens with one attached hydrogen (secondary N) is 2. The van der Waals surface area contributed by atoms with Crippen LogP contribution in [0.2, 0.25) is 0 Å². The van der Waals surface area contributed by atoms with Gasteiger partial charge in [0.1, 0.15) is 5.69 Å². The van der Waals surface area contributed by atoms with Gasteiger partial charge in [-0.15, -0.1) is 0 Å². The molecule has 1 amide bonds. The van der Waals surface area contributed by atoms with Gasteiger partial charge in [0.05, 0.1) is 11.8 Å². The van der Waals surface area contributed by atoms with E-state index >= 15 is 0 Å². The lowest BCUT2D eigenvalue weighted by atomic mass is 9.99. The highest BCUT2D eigenvalue weighted by atomic mass is 32.2. The summed E-state index contributed by atoms with van der Waals surface area (Å²) in [5, 5.41) is 2.40. The van der Waals surface area contributed by atoms with E-state index in [-0.39, 0.29) is 12.1 Å². The number of amides is 1. The molecule has 0 aliphatic rings. The van der Waals surface area contributed by atoms with E-state index in [1.165, 1.54) is 12.1 Å². The lowest BCUT2D eigenvalue weighted by Gasteiger charge is -2.11. The molecular weight excluding hydrogens is 455 g/mol. The first-order valence-electron chi connectivity index (χ1n) is 9.42. The number of halogens is 5. The fourth-order valence-corrected chi connectivity index (χ4v) is 3.42. The summed E-state index contributed by atoms with van der Waals surface area (Å²) >= 11 is 0. The zero-order chi connectivity index (χ0) is 24.1. The zero-order valence-corrected chi connectivity index (χ0v) is 18.0. The van der Waals surface area contributed by atoms with Crippen molar-refractivity contribution < 1.29 is 35.2 Å².